The number of hydrogen-bond donors (Lipinski definition) is 2. The summed E-state index contributed by atoms with van der Waals surface area (Å²) in [6.07, 6.45) is 5.93. The SMILES string of the molecule is C=CCN(CCCCC)C(=O)C1N([C@@H](CO)C(C)C)C(=O)[C@@H]2[C@@H](C(=O)O)[C@@]3(CC)CCC12O3. The Balaban J connectivity index is 2.11. The fourth-order valence-electron chi connectivity index (χ4n) is 6.46. The zero-order valence-electron chi connectivity index (χ0n) is 20.5. The van der Waals surface area contributed by atoms with Gasteiger partial charge < -0.3 is 24.7 Å². The molecular weight excluding hydrogens is 424 g/mol. The van der Waals surface area contributed by atoms with E-state index in [-0.39, 0.29) is 24.3 Å². The lowest BCUT2D eigenvalue weighted by Crippen LogP contribution is -2.59. The average molecular weight is 465 g/mol. The van der Waals surface area contributed by atoms with Gasteiger partial charge in [0.2, 0.25) is 11.8 Å². The Morgan fingerprint density at radius 3 is 2.52 bits per heavy atom. The number of fused-ring (bicyclic) bond motifs is 1. The number of carboxylic acids is 1. The molecule has 3 aliphatic heterocycles. The fraction of sp³-hybridized carbons (Fsp3) is 0.800. The van der Waals surface area contributed by atoms with Crippen molar-refractivity contribution in [3.8, 4) is 0 Å². The first-order chi connectivity index (χ1) is 15.7. The summed E-state index contributed by atoms with van der Waals surface area (Å²) in [5.74, 6) is -3.71. The van der Waals surface area contributed by atoms with Crippen LogP contribution in [0.4, 0.5) is 0 Å². The summed E-state index contributed by atoms with van der Waals surface area (Å²) in [6, 6.07) is -1.55. The monoisotopic (exact) mass is 464 g/mol. The molecule has 2 N–H and O–H groups in total. The Kier molecular flexibility index (Phi) is 7.58. The van der Waals surface area contributed by atoms with Gasteiger partial charge in [0.1, 0.15) is 17.6 Å². The predicted octanol–water partition coefficient (Wildman–Crippen LogP) is 2.45. The average Bonchev–Trinajstić information content (AvgIpc) is 3.37. The van der Waals surface area contributed by atoms with Crippen molar-refractivity contribution >= 4 is 17.8 Å². The molecule has 0 aromatic rings. The second-order valence-electron chi connectivity index (χ2n) is 10.2. The number of aliphatic hydroxyl groups is 1. The Hall–Kier alpha value is -1.93. The highest BCUT2D eigenvalue weighted by Crippen LogP contribution is 2.64. The van der Waals surface area contributed by atoms with Crippen LogP contribution in [0.5, 0.6) is 0 Å². The van der Waals surface area contributed by atoms with Gasteiger partial charge in [-0.2, -0.15) is 0 Å². The smallest absolute Gasteiger partial charge is 0.310 e. The van der Waals surface area contributed by atoms with Gasteiger partial charge in [0.05, 0.1) is 24.2 Å². The van der Waals surface area contributed by atoms with E-state index in [2.05, 4.69) is 13.5 Å². The Morgan fingerprint density at radius 2 is 2.00 bits per heavy atom. The lowest BCUT2D eigenvalue weighted by molar-refractivity contribution is -0.161. The fourth-order valence-corrected chi connectivity index (χ4v) is 6.46. The summed E-state index contributed by atoms with van der Waals surface area (Å²) in [5, 5.41) is 20.3. The molecule has 0 saturated carbocycles. The molecule has 8 nitrogen and oxygen atoms in total. The number of nitrogens with zero attached hydrogens (tertiary/aromatic N) is 2. The summed E-state index contributed by atoms with van der Waals surface area (Å²) in [7, 11) is 0. The summed E-state index contributed by atoms with van der Waals surface area (Å²) >= 11 is 0. The van der Waals surface area contributed by atoms with E-state index in [1.807, 2.05) is 20.8 Å². The van der Waals surface area contributed by atoms with Gasteiger partial charge >= 0.3 is 5.97 Å². The molecule has 3 heterocycles. The van der Waals surface area contributed by atoms with E-state index in [0.29, 0.717) is 32.4 Å². The van der Waals surface area contributed by atoms with Gasteiger partial charge in [-0.25, -0.2) is 0 Å². The highest BCUT2D eigenvalue weighted by atomic mass is 16.5. The highest BCUT2D eigenvalue weighted by Gasteiger charge is 2.79. The van der Waals surface area contributed by atoms with Crippen molar-refractivity contribution in [1.29, 1.82) is 0 Å². The standard InChI is InChI=1S/C25H40N2O6/c1-6-9-10-14-26(13-7-2)22(30)20-25-12-11-24(8-3,33-25)19(23(31)32)18(25)21(29)27(20)17(15-28)16(4)5/h7,16-20,28H,2,6,8-15H2,1,3-5H3,(H,31,32)/t17-,18-,19-,20?,24+,25?/m0/s1. The largest absolute Gasteiger partial charge is 0.481 e. The highest BCUT2D eigenvalue weighted by molar-refractivity contribution is 5.98. The number of hydrogen-bond acceptors (Lipinski definition) is 5. The van der Waals surface area contributed by atoms with Gasteiger partial charge in [0.25, 0.3) is 0 Å². The Morgan fingerprint density at radius 1 is 1.30 bits per heavy atom. The molecule has 0 radical (unpaired) electrons. The topological polar surface area (TPSA) is 107 Å². The van der Waals surface area contributed by atoms with Crippen LogP contribution in [-0.4, -0.2) is 80.8 Å². The minimum absolute atomic E-state index is 0.113. The first kappa shape index (κ1) is 25.7. The first-order valence-corrected chi connectivity index (χ1v) is 12.4. The first-order valence-electron chi connectivity index (χ1n) is 12.4. The number of amides is 2. The molecule has 6 atom stereocenters. The van der Waals surface area contributed by atoms with E-state index in [4.69, 9.17) is 4.74 Å². The summed E-state index contributed by atoms with van der Waals surface area (Å²) < 4.78 is 6.56. The minimum Gasteiger partial charge on any atom is -0.481 e. The van der Waals surface area contributed by atoms with Crippen molar-refractivity contribution in [3.63, 3.8) is 0 Å². The van der Waals surface area contributed by atoms with Crippen molar-refractivity contribution in [2.24, 2.45) is 17.8 Å². The van der Waals surface area contributed by atoms with Gasteiger partial charge in [-0.1, -0.05) is 46.6 Å². The van der Waals surface area contributed by atoms with Crippen LogP contribution in [0, 0.1) is 17.8 Å². The van der Waals surface area contributed by atoms with Gasteiger partial charge in [-0.3, -0.25) is 14.4 Å². The molecule has 3 rings (SSSR count). The Labute approximate surface area is 196 Å². The zero-order chi connectivity index (χ0) is 24.6. The molecule has 0 aromatic carbocycles. The van der Waals surface area contributed by atoms with E-state index >= 15 is 0 Å². The van der Waals surface area contributed by atoms with Crippen LogP contribution < -0.4 is 0 Å². The number of ether oxygens (including phenoxy) is 1. The molecule has 3 aliphatic rings. The lowest BCUT2D eigenvalue weighted by atomic mass is 9.65. The maximum atomic E-state index is 14.1. The molecule has 2 unspecified atom stereocenters. The third kappa shape index (κ3) is 3.89. The third-order valence-electron chi connectivity index (χ3n) is 8.13. The quantitative estimate of drug-likeness (QED) is 0.339. The van der Waals surface area contributed by atoms with Crippen molar-refractivity contribution in [1.82, 2.24) is 9.80 Å². The minimum atomic E-state index is -1.18. The second kappa shape index (κ2) is 9.74. The van der Waals surface area contributed by atoms with E-state index < -0.39 is 41.1 Å². The molecule has 1 spiro atoms. The lowest BCUT2D eigenvalue weighted by Gasteiger charge is -2.40. The molecule has 33 heavy (non-hydrogen) atoms. The van der Waals surface area contributed by atoms with Crippen molar-refractivity contribution in [2.45, 2.75) is 89.5 Å². The predicted molar refractivity (Wildman–Crippen MR) is 123 cm³/mol. The maximum Gasteiger partial charge on any atom is 0.310 e. The molecule has 186 valence electrons. The summed E-state index contributed by atoms with van der Waals surface area (Å²) in [4.78, 5) is 43.6. The molecule has 0 aliphatic carbocycles. The van der Waals surface area contributed by atoms with Crippen LogP contribution in [-0.2, 0) is 19.1 Å². The van der Waals surface area contributed by atoms with Crippen LogP contribution in [0.15, 0.2) is 12.7 Å². The van der Waals surface area contributed by atoms with E-state index in [9.17, 15) is 24.6 Å². The Bertz CT molecular complexity index is 785. The van der Waals surface area contributed by atoms with E-state index in [0.717, 1.165) is 19.3 Å². The van der Waals surface area contributed by atoms with Crippen LogP contribution in [0.3, 0.4) is 0 Å². The number of carbonyl (C=O) groups excluding carboxylic acids is 2. The molecule has 3 fully saturated rings. The van der Waals surface area contributed by atoms with Crippen LogP contribution in [0.1, 0.15) is 66.2 Å². The normalized spacial score (nSPS) is 33.5. The number of unbranched alkanes of at least 4 members (excludes halogenated alkanes) is 2. The second-order valence-corrected chi connectivity index (χ2v) is 10.2. The molecule has 2 bridgehead atoms. The molecular formula is C25H40N2O6. The summed E-state index contributed by atoms with van der Waals surface area (Å²) in [6.45, 7) is 12.1. The van der Waals surface area contributed by atoms with E-state index in [1.54, 1.807) is 11.0 Å². The van der Waals surface area contributed by atoms with Crippen molar-refractivity contribution < 1.29 is 29.3 Å². The van der Waals surface area contributed by atoms with Gasteiger partial charge in [0, 0.05) is 13.1 Å². The molecule has 8 heteroatoms. The third-order valence-corrected chi connectivity index (χ3v) is 8.13. The molecule has 0 aromatic heterocycles. The molecule has 2 amide bonds. The van der Waals surface area contributed by atoms with Crippen molar-refractivity contribution in [3.05, 3.63) is 12.7 Å². The van der Waals surface area contributed by atoms with Gasteiger partial charge in [0.15, 0.2) is 0 Å². The number of aliphatic carboxylic acids is 1. The number of carbonyl (C=O) groups is 3. The number of aliphatic hydroxyl groups excluding tert-OH is 1. The molecule has 3 saturated heterocycles. The number of rotatable bonds is 12. The van der Waals surface area contributed by atoms with Crippen LogP contribution in [0.25, 0.3) is 0 Å². The summed E-state index contributed by atoms with van der Waals surface area (Å²) in [5.41, 5.74) is -2.12. The van der Waals surface area contributed by atoms with Gasteiger partial charge in [-0.05, 0) is 31.6 Å². The van der Waals surface area contributed by atoms with Crippen LogP contribution >= 0.6 is 0 Å². The van der Waals surface area contributed by atoms with Gasteiger partial charge in [-0.15, -0.1) is 6.58 Å². The zero-order valence-corrected chi connectivity index (χ0v) is 20.5. The maximum absolute atomic E-state index is 14.1. The number of likely N-dealkylation sites (tertiary alicyclic amines) is 1. The van der Waals surface area contributed by atoms with Crippen LogP contribution in [0.2, 0.25) is 0 Å². The van der Waals surface area contributed by atoms with Crippen molar-refractivity contribution in [2.75, 3.05) is 19.7 Å². The van der Waals surface area contributed by atoms with E-state index in [1.165, 1.54) is 4.90 Å². The number of carboxylic acid groups (broad SMARTS) is 1.